The van der Waals surface area contributed by atoms with Gasteiger partial charge in [-0.2, -0.15) is 0 Å². The normalized spacial score (nSPS) is 34.8. The first-order valence-electron chi connectivity index (χ1n) is 7.47. The maximum absolute atomic E-state index is 4.49. The molecule has 4 heteroatoms. The van der Waals surface area contributed by atoms with Gasteiger partial charge in [0.25, 0.3) is 0 Å². The van der Waals surface area contributed by atoms with Crippen LogP contribution in [-0.2, 0) is 0 Å². The van der Waals surface area contributed by atoms with E-state index in [1.165, 1.54) is 24.6 Å². The third-order valence-corrected chi connectivity index (χ3v) is 7.19. The first-order chi connectivity index (χ1) is 9.52. The lowest BCUT2D eigenvalue weighted by atomic mass is 9.69. The lowest BCUT2D eigenvalue weighted by Gasteiger charge is -2.39. The molecule has 2 heterocycles. The largest absolute Gasteiger partial charge is 0.366 e. The minimum atomic E-state index is 0.380. The molecule has 0 amide bonds. The fourth-order valence-electron chi connectivity index (χ4n) is 4.49. The Hall–Kier alpha value is -1.16. The van der Waals surface area contributed by atoms with Crippen molar-refractivity contribution < 1.29 is 0 Å². The number of aromatic nitrogens is 2. The number of nitrogens with zero attached hydrogens (tertiary/aromatic N) is 2. The van der Waals surface area contributed by atoms with Crippen LogP contribution in [0, 0.1) is 16.7 Å². The summed E-state index contributed by atoms with van der Waals surface area (Å²) < 4.78 is 0. The highest BCUT2D eigenvalue weighted by Gasteiger charge is 2.61. The van der Waals surface area contributed by atoms with Gasteiger partial charge in [0.1, 0.15) is 17.0 Å². The van der Waals surface area contributed by atoms with Crippen molar-refractivity contribution in [3.8, 4) is 0 Å². The molecule has 0 unspecified atom stereocenters. The van der Waals surface area contributed by atoms with Crippen LogP contribution in [0.15, 0.2) is 17.8 Å². The lowest BCUT2D eigenvalue weighted by molar-refractivity contribution is 0.142. The molecule has 2 aromatic rings. The number of anilines is 1. The minimum absolute atomic E-state index is 0.380. The summed E-state index contributed by atoms with van der Waals surface area (Å²) in [4.78, 5) is 9.91. The standard InChI is InChI=1S/C16H21N3S/c1-15(2)10-4-6-16(15,3)12(8-10)19-13-11-5-7-20-14(11)18-9-17-13/h5,7,9-10,12H,4,6,8H2,1-3H3,(H,17,18,19)/t10-,12+,16-/m0/s1. The van der Waals surface area contributed by atoms with Gasteiger partial charge in [0.05, 0.1) is 5.39 Å². The maximum atomic E-state index is 4.49. The van der Waals surface area contributed by atoms with Gasteiger partial charge in [-0.15, -0.1) is 11.3 Å². The van der Waals surface area contributed by atoms with Gasteiger partial charge in [0, 0.05) is 6.04 Å². The Morgan fingerprint density at radius 2 is 2.15 bits per heavy atom. The average Bonchev–Trinajstić information content (AvgIpc) is 3.02. The van der Waals surface area contributed by atoms with E-state index in [2.05, 4.69) is 47.5 Å². The van der Waals surface area contributed by atoms with E-state index in [1.54, 1.807) is 17.7 Å². The Balaban J connectivity index is 1.69. The van der Waals surface area contributed by atoms with Crippen LogP contribution < -0.4 is 5.32 Å². The van der Waals surface area contributed by atoms with Crippen molar-refractivity contribution in [2.24, 2.45) is 16.7 Å². The molecule has 2 fully saturated rings. The van der Waals surface area contributed by atoms with Gasteiger partial charge in [-0.25, -0.2) is 9.97 Å². The van der Waals surface area contributed by atoms with Gasteiger partial charge in [-0.3, -0.25) is 0 Å². The second kappa shape index (κ2) is 3.94. The lowest BCUT2D eigenvalue weighted by Crippen LogP contribution is -2.40. The van der Waals surface area contributed by atoms with Crippen LogP contribution in [0.25, 0.3) is 10.2 Å². The topological polar surface area (TPSA) is 37.8 Å². The predicted molar refractivity (Wildman–Crippen MR) is 84.1 cm³/mol. The zero-order valence-corrected chi connectivity index (χ0v) is 13.1. The molecule has 1 N–H and O–H groups in total. The smallest absolute Gasteiger partial charge is 0.138 e. The van der Waals surface area contributed by atoms with E-state index in [0.29, 0.717) is 16.9 Å². The molecule has 0 spiro atoms. The highest BCUT2D eigenvalue weighted by molar-refractivity contribution is 7.16. The van der Waals surface area contributed by atoms with Crippen LogP contribution >= 0.6 is 11.3 Å². The second-order valence-electron chi connectivity index (χ2n) is 7.17. The maximum Gasteiger partial charge on any atom is 0.138 e. The zero-order chi connectivity index (χ0) is 14.0. The molecule has 2 aliphatic carbocycles. The zero-order valence-electron chi connectivity index (χ0n) is 12.3. The molecule has 2 aromatic heterocycles. The molecule has 2 saturated carbocycles. The first kappa shape index (κ1) is 12.6. The molecular formula is C16H21N3S. The van der Waals surface area contributed by atoms with Crippen LogP contribution in [0.5, 0.6) is 0 Å². The summed E-state index contributed by atoms with van der Waals surface area (Å²) >= 11 is 1.68. The van der Waals surface area contributed by atoms with E-state index in [4.69, 9.17) is 0 Å². The van der Waals surface area contributed by atoms with E-state index < -0.39 is 0 Å². The van der Waals surface area contributed by atoms with Gasteiger partial charge in [-0.1, -0.05) is 20.8 Å². The van der Waals surface area contributed by atoms with E-state index in [-0.39, 0.29) is 0 Å². The van der Waals surface area contributed by atoms with Crippen molar-refractivity contribution in [1.29, 1.82) is 0 Å². The van der Waals surface area contributed by atoms with E-state index in [0.717, 1.165) is 16.6 Å². The van der Waals surface area contributed by atoms with Gasteiger partial charge in [0.15, 0.2) is 0 Å². The van der Waals surface area contributed by atoms with Gasteiger partial charge in [-0.05, 0) is 47.5 Å². The monoisotopic (exact) mass is 287 g/mol. The molecule has 106 valence electrons. The van der Waals surface area contributed by atoms with E-state index >= 15 is 0 Å². The Morgan fingerprint density at radius 1 is 1.30 bits per heavy atom. The molecule has 3 atom stereocenters. The summed E-state index contributed by atoms with van der Waals surface area (Å²) in [5.74, 6) is 1.87. The highest BCUT2D eigenvalue weighted by atomic mass is 32.1. The number of hydrogen-bond donors (Lipinski definition) is 1. The van der Waals surface area contributed by atoms with Crippen LogP contribution in [0.3, 0.4) is 0 Å². The number of fused-ring (bicyclic) bond motifs is 3. The molecule has 2 aliphatic rings. The second-order valence-corrected chi connectivity index (χ2v) is 8.06. The Labute approximate surface area is 123 Å². The van der Waals surface area contributed by atoms with Gasteiger partial charge >= 0.3 is 0 Å². The fraction of sp³-hybridized carbons (Fsp3) is 0.625. The predicted octanol–water partition coefficient (Wildman–Crippen LogP) is 4.32. The quantitative estimate of drug-likeness (QED) is 0.894. The first-order valence-corrected chi connectivity index (χ1v) is 8.35. The molecule has 0 aliphatic heterocycles. The molecule has 4 rings (SSSR count). The van der Waals surface area contributed by atoms with Crippen molar-refractivity contribution >= 4 is 27.4 Å². The van der Waals surface area contributed by atoms with Crippen LogP contribution in [-0.4, -0.2) is 16.0 Å². The number of hydrogen-bond acceptors (Lipinski definition) is 4. The van der Waals surface area contributed by atoms with Gasteiger partial charge < -0.3 is 5.32 Å². The number of thiophene rings is 1. The van der Waals surface area contributed by atoms with Crippen molar-refractivity contribution in [3.63, 3.8) is 0 Å². The van der Waals surface area contributed by atoms with E-state index in [9.17, 15) is 0 Å². The average molecular weight is 287 g/mol. The highest BCUT2D eigenvalue weighted by Crippen LogP contribution is 2.65. The summed E-state index contributed by atoms with van der Waals surface area (Å²) in [6, 6.07) is 2.66. The summed E-state index contributed by atoms with van der Waals surface area (Å²) in [6.45, 7) is 7.36. The van der Waals surface area contributed by atoms with Crippen molar-refractivity contribution in [2.45, 2.75) is 46.1 Å². The number of nitrogens with one attached hydrogen (secondary N) is 1. The SMILES string of the molecule is CC1(C)[C@H]2CC[C@@]1(C)[C@H](Nc1ncnc3sccc13)C2. The third kappa shape index (κ3) is 1.46. The molecule has 3 nitrogen and oxygen atoms in total. The molecule has 20 heavy (non-hydrogen) atoms. The van der Waals surface area contributed by atoms with Crippen molar-refractivity contribution in [2.75, 3.05) is 5.32 Å². The van der Waals surface area contributed by atoms with Crippen LogP contribution in [0.1, 0.15) is 40.0 Å². The number of rotatable bonds is 2. The Morgan fingerprint density at radius 3 is 2.85 bits per heavy atom. The van der Waals surface area contributed by atoms with Gasteiger partial charge in [0.2, 0.25) is 0 Å². The van der Waals surface area contributed by atoms with Crippen LogP contribution in [0.4, 0.5) is 5.82 Å². The van der Waals surface area contributed by atoms with Crippen molar-refractivity contribution in [3.05, 3.63) is 17.8 Å². The Kier molecular flexibility index (Phi) is 2.48. The Bertz CT molecular complexity index is 663. The summed E-state index contributed by atoms with van der Waals surface area (Å²) in [6.07, 6.45) is 5.68. The summed E-state index contributed by atoms with van der Waals surface area (Å²) in [5.41, 5.74) is 0.816. The third-order valence-electron chi connectivity index (χ3n) is 6.37. The summed E-state index contributed by atoms with van der Waals surface area (Å²) in [7, 11) is 0. The molecule has 0 aromatic carbocycles. The summed E-state index contributed by atoms with van der Waals surface area (Å²) in [5, 5.41) is 7.02. The van der Waals surface area contributed by atoms with Crippen molar-refractivity contribution in [1.82, 2.24) is 9.97 Å². The fourth-order valence-corrected chi connectivity index (χ4v) is 5.22. The molecular weight excluding hydrogens is 266 g/mol. The molecule has 0 radical (unpaired) electrons. The minimum Gasteiger partial charge on any atom is -0.366 e. The van der Waals surface area contributed by atoms with E-state index in [1.807, 2.05) is 0 Å². The molecule has 0 saturated heterocycles. The van der Waals surface area contributed by atoms with Crippen LogP contribution in [0.2, 0.25) is 0 Å². The molecule has 2 bridgehead atoms.